The third kappa shape index (κ3) is 8.51. The van der Waals surface area contributed by atoms with Gasteiger partial charge in [0.1, 0.15) is 25.6 Å². The van der Waals surface area contributed by atoms with Crippen LogP contribution in [0.5, 0.6) is 17.2 Å². The molecule has 0 aliphatic heterocycles. The van der Waals surface area contributed by atoms with Crippen molar-refractivity contribution in [3.63, 3.8) is 0 Å². The summed E-state index contributed by atoms with van der Waals surface area (Å²) in [7, 11) is 0.383. The molecule has 0 aromatic heterocycles. The molecule has 5 rings (SSSR count). The van der Waals surface area contributed by atoms with Gasteiger partial charge < -0.3 is 27.6 Å². The van der Waals surface area contributed by atoms with E-state index in [1.807, 2.05) is 122 Å². The first-order valence-electron chi connectivity index (χ1n) is 13.3. The summed E-state index contributed by atoms with van der Waals surface area (Å²) in [5.74, 6) is 1.62. The molecular formula is C35H29ClLiO4P. The summed E-state index contributed by atoms with van der Waals surface area (Å²) in [4.78, 5) is 13.7. The third-order valence-corrected chi connectivity index (χ3v) is 7.79. The molecule has 4 nitrogen and oxygen atoms in total. The normalized spacial score (nSPS) is 10.7. The first-order chi connectivity index (χ1) is 20.1. The van der Waals surface area contributed by atoms with Crippen LogP contribution in [0.1, 0.15) is 32.6 Å². The zero-order valence-electron chi connectivity index (χ0n) is 23.6. The van der Waals surface area contributed by atoms with Gasteiger partial charge in [0.25, 0.3) is 0 Å². The van der Waals surface area contributed by atoms with Crippen molar-refractivity contribution < 1.29 is 37.9 Å². The monoisotopic (exact) mass is 586 g/mol. The van der Waals surface area contributed by atoms with Gasteiger partial charge in [0.2, 0.25) is 0 Å². The number of ether oxygens (including phenoxy) is 3. The molecule has 0 fully saturated rings. The summed E-state index contributed by atoms with van der Waals surface area (Å²) in [6, 6.07) is 38.9. The first-order valence-corrected chi connectivity index (χ1v) is 14.5. The topological polar surface area (TPSA) is 44.8 Å². The van der Waals surface area contributed by atoms with Gasteiger partial charge >= 0.3 is 18.9 Å². The molecular weight excluding hydrogens is 558 g/mol. The molecule has 0 bridgehead atoms. The van der Waals surface area contributed by atoms with Crippen LogP contribution in [0.3, 0.4) is 0 Å². The molecule has 5 aromatic carbocycles. The van der Waals surface area contributed by atoms with Gasteiger partial charge in [-0.15, -0.1) is 5.30 Å². The number of carbonyl (C=O) groups excluding carboxylic acids is 1. The van der Waals surface area contributed by atoms with E-state index in [0.717, 1.165) is 22.3 Å². The number of hydrogen-bond acceptors (Lipinski definition) is 4. The van der Waals surface area contributed by atoms with E-state index in [-0.39, 0.29) is 24.4 Å². The molecule has 0 saturated heterocycles. The molecule has 0 aliphatic rings. The van der Waals surface area contributed by atoms with E-state index in [0.29, 0.717) is 61.5 Å². The van der Waals surface area contributed by atoms with Gasteiger partial charge in [-0.05, 0) is 35.2 Å². The maximum atomic E-state index is 13.7. The predicted octanol–water partition coefficient (Wildman–Crippen LogP) is 5.80. The smallest absolute Gasteiger partial charge is 0.491 e. The Hall–Kier alpha value is -3.51. The number of aryl methyl sites for hydroxylation is 1. The van der Waals surface area contributed by atoms with Crippen LogP contribution in [-0.2, 0) is 19.8 Å². The van der Waals surface area contributed by atoms with Gasteiger partial charge in [0.15, 0.2) is 0 Å². The van der Waals surface area contributed by atoms with Gasteiger partial charge in [-0.1, -0.05) is 115 Å². The maximum Gasteiger partial charge on any atom is 1.00 e. The standard InChI is InChI=1S/C35H29ClO4P.Li/c1-25-12-11-19-30(36)33(25)35(37)41-34-31(39-23-27-15-7-3-8-16-27)20-29(38-22-26-13-5-2-6-14-26)21-32(34)40-24-28-17-9-4-10-18-28;/h2-21H,22-24H2,1H3;/q-1;+1. The minimum atomic E-state index is -0.139. The second kappa shape index (κ2) is 15.6. The van der Waals surface area contributed by atoms with Gasteiger partial charge in [-0.3, -0.25) is 0 Å². The van der Waals surface area contributed by atoms with Gasteiger partial charge in [-0.25, -0.2) is 0 Å². The summed E-state index contributed by atoms with van der Waals surface area (Å²) >= 11 is 6.47. The molecule has 0 aliphatic carbocycles. The van der Waals surface area contributed by atoms with Crippen LogP contribution in [0.25, 0.3) is 0 Å². The average Bonchev–Trinajstić information content (AvgIpc) is 3.00. The minimum Gasteiger partial charge on any atom is -0.491 e. The van der Waals surface area contributed by atoms with Crippen molar-refractivity contribution in [1.82, 2.24) is 0 Å². The molecule has 0 amide bonds. The van der Waals surface area contributed by atoms with Crippen LogP contribution in [0.4, 0.5) is 0 Å². The zero-order valence-corrected chi connectivity index (χ0v) is 25.3. The zero-order chi connectivity index (χ0) is 28.4. The fraction of sp³-hybridized carbons (Fsp3) is 0.114. The Labute approximate surface area is 266 Å². The second-order valence-corrected chi connectivity index (χ2v) is 10.9. The van der Waals surface area contributed by atoms with Crippen molar-refractivity contribution in [2.45, 2.75) is 26.7 Å². The van der Waals surface area contributed by atoms with E-state index in [1.165, 1.54) is 0 Å². The Morgan fingerprint density at radius 2 is 1.10 bits per heavy atom. The van der Waals surface area contributed by atoms with Crippen molar-refractivity contribution in [3.05, 3.63) is 154 Å². The Morgan fingerprint density at radius 1 is 0.643 bits per heavy atom. The van der Waals surface area contributed by atoms with E-state index >= 15 is 0 Å². The number of benzene rings is 5. The molecule has 0 atom stereocenters. The molecule has 7 heteroatoms. The van der Waals surface area contributed by atoms with Gasteiger partial charge in [0, 0.05) is 28.2 Å². The fourth-order valence-corrected chi connectivity index (χ4v) is 5.71. The van der Waals surface area contributed by atoms with E-state index < -0.39 is 0 Å². The Kier molecular flexibility index (Phi) is 11.7. The van der Waals surface area contributed by atoms with Crippen LogP contribution in [-0.4, -0.2) is 5.52 Å². The quantitative estimate of drug-likeness (QED) is 0.137. The number of halogens is 1. The van der Waals surface area contributed by atoms with Crippen molar-refractivity contribution in [2.24, 2.45) is 0 Å². The minimum absolute atomic E-state index is 0. The van der Waals surface area contributed by atoms with Crippen LogP contribution in [0, 0.1) is 6.92 Å². The van der Waals surface area contributed by atoms with E-state index in [9.17, 15) is 4.79 Å². The van der Waals surface area contributed by atoms with E-state index in [1.54, 1.807) is 6.07 Å². The fourth-order valence-electron chi connectivity index (χ4n) is 4.24. The maximum absolute atomic E-state index is 13.7. The van der Waals surface area contributed by atoms with Crippen molar-refractivity contribution in [3.8, 4) is 17.2 Å². The van der Waals surface area contributed by atoms with Crippen LogP contribution >= 0.6 is 20.2 Å². The summed E-state index contributed by atoms with van der Waals surface area (Å²) in [5.41, 5.74) is 4.22. The molecule has 5 aromatic rings. The second-order valence-electron chi connectivity index (χ2n) is 9.44. The molecule has 0 radical (unpaired) electrons. The number of hydrogen-bond donors (Lipinski definition) is 0. The number of carbonyl (C=O) groups is 1. The van der Waals surface area contributed by atoms with Crippen molar-refractivity contribution in [1.29, 1.82) is 0 Å². The first kappa shape index (κ1) is 31.4. The molecule has 206 valence electrons. The van der Waals surface area contributed by atoms with E-state index in [4.69, 9.17) is 25.8 Å². The SMILES string of the molecule is Cc1cccc(Cl)c1C(=O)[P-]c1c(OCc2ccccc2)cc(OCc2ccccc2)cc1OCc1ccccc1.[Li+]. The Bertz CT molecular complexity index is 1510. The van der Waals surface area contributed by atoms with Crippen molar-refractivity contribution in [2.75, 3.05) is 0 Å². The Balaban J connectivity index is 0.00000405. The third-order valence-electron chi connectivity index (χ3n) is 6.39. The largest absolute Gasteiger partial charge is 1.00 e. The predicted molar refractivity (Wildman–Crippen MR) is 166 cm³/mol. The summed E-state index contributed by atoms with van der Waals surface area (Å²) in [5, 5.41) is 1.04. The summed E-state index contributed by atoms with van der Waals surface area (Å²) in [6.07, 6.45) is 0. The molecule has 42 heavy (non-hydrogen) atoms. The van der Waals surface area contributed by atoms with Gasteiger partial charge in [-0.2, -0.15) is 0 Å². The molecule has 0 spiro atoms. The van der Waals surface area contributed by atoms with E-state index in [2.05, 4.69) is 0 Å². The molecule has 0 saturated carbocycles. The van der Waals surface area contributed by atoms with Crippen LogP contribution in [0.15, 0.2) is 121 Å². The number of rotatable bonds is 12. The average molecular weight is 587 g/mol. The molecule has 0 unspecified atom stereocenters. The van der Waals surface area contributed by atoms with Gasteiger partial charge in [0.05, 0.1) is 11.5 Å². The summed E-state index contributed by atoms with van der Waals surface area (Å²) < 4.78 is 18.9. The van der Waals surface area contributed by atoms with Crippen LogP contribution < -0.4 is 38.4 Å². The summed E-state index contributed by atoms with van der Waals surface area (Å²) in [6.45, 7) is 2.91. The Morgan fingerprint density at radius 3 is 1.55 bits per heavy atom. The molecule has 0 heterocycles. The van der Waals surface area contributed by atoms with Crippen molar-refractivity contribution >= 4 is 31.0 Å². The molecule has 0 N–H and O–H groups in total. The van der Waals surface area contributed by atoms with Crippen LogP contribution in [0.2, 0.25) is 5.02 Å².